The maximum atomic E-state index is 11.0. The van der Waals surface area contributed by atoms with Crippen molar-refractivity contribution in [3.8, 4) is 0 Å². The first-order valence-electron chi connectivity index (χ1n) is 6.18. The number of rotatable bonds is 3. The molecule has 0 amide bonds. The summed E-state index contributed by atoms with van der Waals surface area (Å²) >= 11 is 0. The van der Waals surface area contributed by atoms with Crippen molar-refractivity contribution in [2.24, 2.45) is 5.92 Å². The van der Waals surface area contributed by atoms with E-state index >= 15 is 0 Å². The molecule has 0 radical (unpaired) electrons. The molecule has 0 bridgehead atoms. The SMILES string of the molecule is Cl.O=C(O)C1CNC1Cc1cccc2ccccc12. The largest absolute Gasteiger partial charge is 0.481 e. The molecule has 2 N–H and O–H groups in total. The Balaban J connectivity index is 0.00000133. The van der Waals surface area contributed by atoms with E-state index in [1.54, 1.807) is 0 Å². The molecule has 3 rings (SSSR count). The molecule has 1 heterocycles. The molecular weight excluding hydrogens is 262 g/mol. The second-order valence-electron chi connectivity index (χ2n) is 4.80. The molecular formula is C15H16ClNO2. The Labute approximate surface area is 118 Å². The van der Waals surface area contributed by atoms with Crippen molar-refractivity contribution >= 4 is 29.1 Å². The molecule has 1 fully saturated rings. The zero-order valence-corrected chi connectivity index (χ0v) is 11.2. The molecule has 2 unspecified atom stereocenters. The molecule has 0 saturated carbocycles. The third-order valence-electron chi connectivity index (χ3n) is 3.72. The van der Waals surface area contributed by atoms with Gasteiger partial charge >= 0.3 is 5.97 Å². The minimum atomic E-state index is -0.695. The van der Waals surface area contributed by atoms with Crippen LogP contribution in [0.15, 0.2) is 42.5 Å². The lowest BCUT2D eigenvalue weighted by molar-refractivity contribution is -0.145. The van der Waals surface area contributed by atoms with E-state index < -0.39 is 5.97 Å². The van der Waals surface area contributed by atoms with Crippen LogP contribution in [0.25, 0.3) is 10.8 Å². The standard InChI is InChI=1S/C15H15NO2.ClH/c17-15(18)13-9-16-14(13)8-11-6-3-5-10-4-1-2-7-12(10)11;/h1-7,13-14,16H,8-9H2,(H,17,18);1H. The van der Waals surface area contributed by atoms with Gasteiger partial charge in [0.05, 0.1) is 5.92 Å². The lowest BCUT2D eigenvalue weighted by Gasteiger charge is -2.35. The Morgan fingerprint density at radius 3 is 2.63 bits per heavy atom. The summed E-state index contributed by atoms with van der Waals surface area (Å²) in [5.74, 6) is -0.942. The van der Waals surface area contributed by atoms with Crippen LogP contribution in [0.5, 0.6) is 0 Å². The van der Waals surface area contributed by atoms with E-state index in [4.69, 9.17) is 5.11 Å². The number of hydrogen-bond acceptors (Lipinski definition) is 2. The number of fused-ring (bicyclic) bond motifs is 1. The van der Waals surface area contributed by atoms with Crippen molar-refractivity contribution < 1.29 is 9.90 Å². The predicted molar refractivity (Wildman–Crippen MR) is 77.8 cm³/mol. The van der Waals surface area contributed by atoms with Gasteiger partial charge in [0.1, 0.15) is 0 Å². The number of carboxylic acid groups (broad SMARTS) is 1. The van der Waals surface area contributed by atoms with Gasteiger partial charge in [-0.2, -0.15) is 0 Å². The van der Waals surface area contributed by atoms with Crippen molar-refractivity contribution in [2.75, 3.05) is 6.54 Å². The first kappa shape index (κ1) is 13.8. The number of aliphatic carboxylic acids is 1. The van der Waals surface area contributed by atoms with Gasteiger partial charge in [0, 0.05) is 12.6 Å². The van der Waals surface area contributed by atoms with Gasteiger partial charge in [0.15, 0.2) is 0 Å². The summed E-state index contributed by atoms with van der Waals surface area (Å²) in [6.07, 6.45) is 0.776. The highest BCUT2D eigenvalue weighted by Gasteiger charge is 2.36. The van der Waals surface area contributed by atoms with Crippen LogP contribution in [0.3, 0.4) is 0 Å². The fourth-order valence-electron chi connectivity index (χ4n) is 2.58. The Morgan fingerprint density at radius 2 is 1.95 bits per heavy atom. The third kappa shape index (κ3) is 2.57. The fraction of sp³-hybridized carbons (Fsp3) is 0.267. The Bertz CT molecular complexity index is 594. The second-order valence-corrected chi connectivity index (χ2v) is 4.80. The summed E-state index contributed by atoms with van der Waals surface area (Å²) in [7, 11) is 0. The predicted octanol–water partition coefficient (Wildman–Crippen LogP) is 2.48. The summed E-state index contributed by atoms with van der Waals surface area (Å²) in [5.41, 5.74) is 1.22. The van der Waals surface area contributed by atoms with Gasteiger partial charge < -0.3 is 10.4 Å². The van der Waals surface area contributed by atoms with E-state index in [0.717, 1.165) is 6.42 Å². The van der Waals surface area contributed by atoms with Gasteiger partial charge in [-0.25, -0.2) is 0 Å². The van der Waals surface area contributed by atoms with Gasteiger partial charge in [-0.3, -0.25) is 4.79 Å². The van der Waals surface area contributed by atoms with E-state index in [9.17, 15) is 4.79 Å². The van der Waals surface area contributed by atoms with Crippen molar-refractivity contribution in [3.63, 3.8) is 0 Å². The normalized spacial score (nSPS) is 21.5. The average molecular weight is 278 g/mol. The zero-order valence-electron chi connectivity index (χ0n) is 10.4. The minimum Gasteiger partial charge on any atom is -0.481 e. The van der Waals surface area contributed by atoms with E-state index in [1.165, 1.54) is 16.3 Å². The molecule has 3 nitrogen and oxygen atoms in total. The van der Waals surface area contributed by atoms with Crippen molar-refractivity contribution in [1.82, 2.24) is 5.32 Å². The molecule has 0 aliphatic carbocycles. The van der Waals surface area contributed by atoms with E-state index in [-0.39, 0.29) is 24.4 Å². The highest BCUT2D eigenvalue weighted by atomic mass is 35.5. The van der Waals surface area contributed by atoms with Crippen LogP contribution in [-0.2, 0) is 11.2 Å². The van der Waals surface area contributed by atoms with Crippen molar-refractivity contribution in [1.29, 1.82) is 0 Å². The van der Waals surface area contributed by atoms with Gasteiger partial charge in [-0.05, 0) is 22.8 Å². The number of hydrogen-bond donors (Lipinski definition) is 2. The highest BCUT2D eigenvalue weighted by molar-refractivity contribution is 5.86. The fourth-order valence-corrected chi connectivity index (χ4v) is 2.58. The molecule has 2 aromatic carbocycles. The second kappa shape index (κ2) is 5.59. The van der Waals surface area contributed by atoms with Crippen LogP contribution in [0.4, 0.5) is 0 Å². The maximum absolute atomic E-state index is 11.0. The molecule has 1 aliphatic rings. The number of nitrogens with one attached hydrogen (secondary N) is 1. The molecule has 4 heteroatoms. The van der Waals surface area contributed by atoms with Crippen molar-refractivity contribution in [2.45, 2.75) is 12.5 Å². The molecule has 1 saturated heterocycles. The third-order valence-corrected chi connectivity index (χ3v) is 3.72. The van der Waals surface area contributed by atoms with Gasteiger partial charge in [-0.15, -0.1) is 12.4 Å². The van der Waals surface area contributed by atoms with Crippen LogP contribution in [-0.4, -0.2) is 23.7 Å². The zero-order chi connectivity index (χ0) is 12.5. The Hall–Kier alpha value is -1.58. The summed E-state index contributed by atoms with van der Waals surface area (Å²) in [5, 5.41) is 14.7. The average Bonchev–Trinajstić information content (AvgIpc) is 2.34. The highest BCUT2D eigenvalue weighted by Crippen LogP contribution is 2.24. The number of carboxylic acids is 1. The molecule has 0 spiro atoms. The topological polar surface area (TPSA) is 49.3 Å². The number of benzene rings is 2. The van der Waals surface area contributed by atoms with E-state index in [2.05, 4.69) is 29.6 Å². The first-order valence-corrected chi connectivity index (χ1v) is 6.18. The van der Waals surface area contributed by atoms with E-state index in [0.29, 0.717) is 6.54 Å². The maximum Gasteiger partial charge on any atom is 0.309 e. The van der Waals surface area contributed by atoms with Crippen LogP contribution in [0.1, 0.15) is 5.56 Å². The van der Waals surface area contributed by atoms with Crippen LogP contribution < -0.4 is 5.32 Å². The van der Waals surface area contributed by atoms with Crippen LogP contribution in [0, 0.1) is 5.92 Å². The molecule has 100 valence electrons. The van der Waals surface area contributed by atoms with Gasteiger partial charge in [0.2, 0.25) is 0 Å². The van der Waals surface area contributed by atoms with Crippen molar-refractivity contribution in [3.05, 3.63) is 48.0 Å². The minimum absolute atomic E-state index is 0. The number of halogens is 1. The number of carbonyl (C=O) groups is 1. The van der Waals surface area contributed by atoms with Crippen LogP contribution >= 0.6 is 12.4 Å². The lowest BCUT2D eigenvalue weighted by Crippen LogP contribution is -2.57. The lowest BCUT2D eigenvalue weighted by atomic mass is 9.85. The first-order chi connectivity index (χ1) is 8.75. The van der Waals surface area contributed by atoms with E-state index in [1.807, 2.05) is 18.2 Å². The molecule has 2 atom stereocenters. The Morgan fingerprint density at radius 1 is 1.21 bits per heavy atom. The molecule has 0 aromatic heterocycles. The monoisotopic (exact) mass is 277 g/mol. The van der Waals surface area contributed by atoms with Gasteiger partial charge in [-0.1, -0.05) is 42.5 Å². The summed E-state index contributed by atoms with van der Waals surface area (Å²) in [6, 6.07) is 14.5. The molecule has 19 heavy (non-hydrogen) atoms. The summed E-state index contributed by atoms with van der Waals surface area (Å²) in [6.45, 7) is 0.588. The van der Waals surface area contributed by atoms with Crippen LogP contribution in [0.2, 0.25) is 0 Å². The van der Waals surface area contributed by atoms with Gasteiger partial charge in [0.25, 0.3) is 0 Å². The molecule has 2 aromatic rings. The quantitative estimate of drug-likeness (QED) is 0.906. The Kier molecular flexibility index (Phi) is 4.08. The molecule has 1 aliphatic heterocycles. The summed E-state index contributed by atoms with van der Waals surface area (Å²) < 4.78 is 0. The summed E-state index contributed by atoms with van der Waals surface area (Å²) in [4.78, 5) is 11.0. The smallest absolute Gasteiger partial charge is 0.309 e.